The predicted molar refractivity (Wildman–Crippen MR) is 71.5 cm³/mol. The second-order valence-electron chi connectivity index (χ2n) is 5.57. The molecule has 0 spiro atoms. The van der Waals surface area contributed by atoms with E-state index in [1.807, 2.05) is 0 Å². The van der Waals surface area contributed by atoms with E-state index < -0.39 is 0 Å². The lowest BCUT2D eigenvalue weighted by molar-refractivity contribution is 0.103. The molecule has 2 unspecified atom stereocenters. The maximum atomic E-state index is 6.03. The third kappa shape index (κ3) is 2.98. The third-order valence-corrected chi connectivity index (χ3v) is 4.37. The van der Waals surface area contributed by atoms with Crippen molar-refractivity contribution in [1.29, 1.82) is 0 Å². The molecule has 1 heterocycles. The number of hydrogen-bond acceptors (Lipinski definition) is 2. The summed E-state index contributed by atoms with van der Waals surface area (Å²) in [5.41, 5.74) is 6.03. The molecule has 2 nitrogen and oxygen atoms in total. The molecule has 1 aliphatic rings. The van der Waals surface area contributed by atoms with Gasteiger partial charge in [-0.25, -0.2) is 0 Å². The molecule has 96 valence electrons. The third-order valence-electron chi connectivity index (χ3n) is 4.37. The lowest BCUT2D eigenvalue weighted by atomic mass is 9.91. The van der Waals surface area contributed by atoms with Gasteiger partial charge in [-0.2, -0.15) is 0 Å². The van der Waals surface area contributed by atoms with Gasteiger partial charge in [0.05, 0.1) is 0 Å². The summed E-state index contributed by atoms with van der Waals surface area (Å²) < 4.78 is 0. The van der Waals surface area contributed by atoms with Gasteiger partial charge in [0.25, 0.3) is 0 Å². The molecule has 2 N–H and O–H groups in total. The van der Waals surface area contributed by atoms with Gasteiger partial charge in [-0.1, -0.05) is 40.5 Å². The van der Waals surface area contributed by atoms with Crippen molar-refractivity contribution in [2.45, 2.75) is 65.5 Å². The number of likely N-dealkylation sites (tertiary alicyclic amines) is 1. The van der Waals surface area contributed by atoms with Crippen molar-refractivity contribution < 1.29 is 0 Å². The summed E-state index contributed by atoms with van der Waals surface area (Å²) in [4.78, 5) is 2.71. The SMILES string of the molecule is CCC(CC)C(CN)N1CCCC1C(C)C. The molecule has 0 aromatic heterocycles. The van der Waals surface area contributed by atoms with Crippen molar-refractivity contribution in [3.05, 3.63) is 0 Å². The normalized spacial score (nSPS) is 24.6. The van der Waals surface area contributed by atoms with E-state index in [1.165, 1.54) is 32.2 Å². The average molecular weight is 226 g/mol. The van der Waals surface area contributed by atoms with Crippen molar-refractivity contribution in [2.75, 3.05) is 13.1 Å². The Kier molecular flexibility index (Phi) is 5.77. The van der Waals surface area contributed by atoms with E-state index in [1.54, 1.807) is 0 Å². The largest absolute Gasteiger partial charge is 0.329 e. The zero-order chi connectivity index (χ0) is 12.1. The molecule has 0 bridgehead atoms. The first kappa shape index (κ1) is 14.0. The van der Waals surface area contributed by atoms with Crippen LogP contribution >= 0.6 is 0 Å². The van der Waals surface area contributed by atoms with Gasteiger partial charge in [0.2, 0.25) is 0 Å². The van der Waals surface area contributed by atoms with E-state index in [0.29, 0.717) is 6.04 Å². The Morgan fingerprint density at radius 2 is 1.88 bits per heavy atom. The summed E-state index contributed by atoms with van der Waals surface area (Å²) in [5.74, 6) is 1.55. The number of hydrogen-bond donors (Lipinski definition) is 1. The standard InChI is InChI=1S/C14H30N2/c1-5-12(6-2)14(10-15)16-9-7-8-13(16)11(3)4/h11-14H,5-10,15H2,1-4H3. The molecule has 0 saturated carbocycles. The zero-order valence-electron chi connectivity index (χ0n) is 11.6. The van der Waals surface area contributed by atoms with Crippen LogP contribution in [0.3, 0.4) is 0 Å². The topological polar surface area (TPSA) is 29.3 Å². The molecule has 0 radical (unpaired) electrons. The molecule has 2 heteroatoms. The fourth-order valence-electron chi connectivity index (χ4n) is 3.37. The number of rotatable bonds is 6. The molecule has 1 rings (SSSR count). The minimum absolute atomic E-state index is 0.616. The van der Waals surface area contributed by atoms with E-state index >= 15 is 0 Å². The van der Waals surface area contributed by atoms with Crippen LogP contribution in [0.2, 0.25) is 0 Å². The molecule has 2 atom stereocenters. The second kappa shape index (κ2) is 6.61. The Balaban J connectivity index is 2.70. The van der Waals surface area contributed by atoms with Crippen molar-refractivity contribution >= 4 is 0 Å². The molecular weight excluding hydrogens is 196 g/mol. The maximum absolute atomic E-state index is 6.03. The van der Waals surface area contributed by atoms with Crippen molar-refractivity contribution in [2.24, 2.45) is 17.6 Å². The summed E-state index contributed by atoms with van der Waals surface area (Å²) in [6.45, 7) is 11.4. The van der Waals surface area contributed by atoms with Crippen LogP contribution in [-0.4, -0.2) is 30.1 Å². The molecule has 1 aliphatic heterocycles. The van der Waals surface area contributed by atoms with E-state index in [9.17, 15) is 0 Å². The zero-order valence-corrected chi connectivity index (χ0v) is 11.6. The first-order valence-corrected chi connectivity index (χ1v) is 7.11. The summed E-state index contributed by atoms with van der Waals surface area (Å²) in [7, 11) is 0. The Labute approximate surface area is 102 Å². The Morgan fingerprint density at radius 3 is 2.31 bits per heavy atom. The Bertz CT molecular complexity index is 187. The van der Waals surface area contributed by atoms with Crippen molar-refractivity contribution in [3.63, 3.8) is 0 Å². The van der Waals surface area contributed by atoms with Gasteiger partial charge >= 0.3 is 0 Å². The van der Waals surface area contributed by atoms with Crippen LogP contribution in [0, 0.1) is 11.8 Å². The summed E-state index contributed by atoms with van der Waals surface area (Å²) in [5, 5.41) is 0. The van der Waals surface area contributed by atoms with Crippen LogP contribution in [0.5, 0.6) is 0 Å². The lowest BCUT2D eigenvalue weighted by Crippen LogP contribution is -2.49. The first-order chi connectivity index (χ1) is 7.65. The highest BCUT2D eigenvalue weighted by Gasteiger charge is 2.34. The highest BCUT2D eigenvalue weighted by molar-refractivity contribution is 4.89. The lowest BCUT2D eigenvalue weighted by Gasteiger charge is -2.38. The van der Waals surface area contributed by atoms with Crippen LogP contribution in [0.1, 0.15) is 53.4 Å². The van der Waals surface area contributed by atoms with E-state index in [4.69, 9.17) is 5.73 Å². The van der Waals surface area contributed by atoms with Crippen LogP contribution in [0.15, 0.2) is 0 Å². The van der Waals surface area contributed by atoms with Crippen LogP contribution in [-0.2, 0) is 0 Å². The molecule has 0 aromatic rings. The quantitative estimate of drug-likeness (QED) is 0.754. The van der Waals surface area contributed by atoms with Gasteiger partial charge in [0, 0.05) is 18.6 Å². The Hall–Kier alpha value is -0.0800. The minimum Gasteiger partial charge on any atom is -0.329 e. The van der Waals surface area contributed by atoms with Crippen LogP contribution < -0.4 is 5.73 Å². The van der Waals surface area contributed by atoms with Gasteiger partial charge in [-0.3, -0.25) is 4.90 Å². The minimum atomic E-state index is 0.616. The molecule has 16 heavy (non-hydrogen) atoms. The van der Waals surface area contributed by atoms with Gasteiger partial charge in [0.1, 0.15) is 0 Å². The molecular formula is C14H30N2. The van der Waals surface area contributed by atoms with Gasteiger partial charge in [-0.05, 0) is 31.2 Å². The summed E-state index contributed by atoms with van der Waals surface area (Å²) in [6, 6.07) is 1.39. The summed E-state index contributed by atoms with van der Waals surface area (Å²) >= 11 is 0. The predicted octanol–water partition coefficient (Wildman–Crippen LogP) is 2.87. The van der Waals surface area contributed by atoms with Crippen LogP contribution in [0.4, 0.5) is 0 Å². The monoisotopic (exact) mass is 226 g/mol. The van der Waals surface area contributed by atoms with Crippen LogP contribution in [0.25, 0.3) is 0 Å². The van der Waals surface area contributed by atoms with E-state index in [0.717, 1.165) is 24.4 Å². The Morgan fingerprint density at radius 1 is 1.25 bits per heavy atom. The van der Waals surface area contributed by atoms with E-state index in [-0.39, 0.29) is 0 Å². The molecule has 0 amide bonds. The second-order valence-corrected chi connectivity index (χ2v) is 5.57. The molecule has 1 fully saturated rings. The number of nitrogens with two attached hydrogens (primary N) is 1. The maximum Gasteiger partial charge on any atom is 0.0249 e. The van der Waals surface area contributed by atoms with Crippen molar-refractivity contribution in [3.8, 4) is 0 Å². The molecule has 0 aromatic carbocycles. The van der Waals surface area contributed by atoms with Gasteiger partial charge in [-0.15, -0.1) is 0 Å². The van der Waals surface area contributed by atoms with Crippen molar-refractivity contribution in [1.82, 2.24) is 4.90 Å². The summed E-state index contributed by atoms with van der Waals surface area (Å²) in [6.07, 6.45) is 5.26. The highest BCUT2D eigenvalue weighted by Crippen LogP contribution is 2.30. The van der Waals surface area contributed by atoms with E-state index in [2.05, 4.69) is 32.6 Å². The first-order valence-electron chi connectivity index (χ1n) is 7.11. The average Bonchev–Trinajstić information content (AvgIpc) is 2.74. The smallest absolute Gasteiger partial charge is 0.0249 e. The highest BCUT2D eigenvalue weighted by atomic mass is 15.2. The van der Waals surface area contributed by atoms with Gasteiger partial charge < -0.3 is 5.73 Å². The fraction of sp³-hybridized carbons (Fsp3) is 1.00. The number of nitrogens with zero attached hydrogens (tertiary/aromatic N) is 1. The molecule has 0 aliphatic carbocycles. The fourth-order valence-corrected chi connectivity index (χ4v) is 3.37. The van der Waals surface area contributed by atoms with Gasteiger partial charge in [0.15, 0.2) is 0 Å². The molecule has 1 saturated heterocycles.